The summed E-state index contributed by atoms with van der Waals surface area (Å²) >= 11 is 0. The summed E-state index contributed by atoms with van der Waals surface area (Å²) in [4.78, 5) is 22.7. The molecule has 2 heterocycles. The van der Waals surface area contributed by atoms with E-state index < -0.39 is 6.03 Å². The third kappa shape index (κ3) is 4.43. The number of piperidine rings is 1. The Hall–Kier alpha value is -2.70. The Kier molecular flexibility index (Phi) is 5.11. The Balaban J connectivity index is 1.63. The van der Waals surface area contributed by atoms with Gasteiger partial charge in [0.05, 0.1) is 0 Å². The van der Waals surface area contributed by atoms with Gasteiger partial charge in [-0.3, -0.25) is 5.32 Å². The molecule has 2 N–H and O–H groups in total. The summed E-state index contributed by atoms with van der Waals surface area (Å²) in [5.74, 6) is 1.59. The molecule has 2 aromatic rings. The monoisotopic (exact) mass is 343 g/mol. The predicted octanol–water partition coefficient (Wildman–Crippen LogP) is 3.80. The molecule has 0 radical (unpaired) electrons. The highest BCUT2D eigenvalue weighted by atomic mass is 19.1. The predicted molar refractivity (Wildman–Crippen MR) is 96.4 cm³/mol. The van der Waals surface area contributed by atoms with Crippen LogP contribution in [0.1, 0.15) is 25.3 Å². The zero-order valence-corrected chi connectivity index (χ0v) is 14.4. The molecule has 6 nitrogen and oxygen atoms in total. The molecule has 0 aliphatic carbocycles. The van der Waals surface area contributed by atoms with Crippen molar-refractivity contribution in [3.8, 4) is 0 Å². The summed E-state index contributed by atoms with van der Waals surface area (Å²) in [7, 11) is 0. The number of aromatic nitrogens is 2. The van der Waals surface area contributed by atoms with Gasteiger partial charge in [0.2, 0.25) is 0 Å². The van der Waals surface area contributed by atoms with E-state index in [2.05, 4.69) is 32.4 Å². The minimum Gasteiger partial charge on any atom is -0.356 e. The van der Waals surface area contributed by atoms with Gasteiger partial charge in [-0.2, -0.15) is 0 Å². The van der Waals surface area contributed by atoms with E-state index in [0.29, 0.717) is 17.1 Å². The number of benzene rings is 1. The third-order valence-corrected chi connectivity index (χ3v) is 4.43. The molecule has 0 atom stereocenters. The molecule has 1 fully saturated rings. The quantitative estimate of drug-likeness (QED) is 0.889. The van der Waals surface area contributed by atoms with Gasteiger partial charge in [-0.05, 0) is 43.4 Å². The van der Waals surface area contributed by atoms with Crippen LogP contribution in [-0.2, 0) is 0 Å². The first-order valence-corrected chi connectivity index (χ1v) is 8.42. The maximum absolute atomic E-state index is 13.5. The zero-order chi connectivity index (χ0) is 17.8. The topological polar surface area (TPSA) is 70.2 Å². The average molecular weight is 343 g/mol. The normalized spacial score (nSPS) is 15.1. The second-order valence-corrected chi connectivity index (χ2v) is 6.47. The van der Waals surface area contributed by atoms with Crippen LogP contribution in [0, 0.1) is 18.7 Å². The Bertz CT molecular complexity index is 759. The summed E-state index contributed by atoms with van der Waals surface area (Å²) in [6, 6.07) is 5.84. The zero-order valence-electron chi connectivity index (χ0n) is 14.4. The van der Waals surface area contributed by atoms with Gasteiger partial charge in [-0.25, -0.2) is 19.2 Å². The lowest BCUT2D eigenvalue weighted by Gasteiger charge is -2.31. The van der Waals surface area contributed by atoms with Crippen molar-refractivity contribution in [3.05, 3.63) is 42.0 Å². The molecule has 1 saturated heterocycles. The van der Waals surface area contributed by atoms with E-state index in [1.54, 1.807) is 25.1 Å². The molecule has 1 aromatic carbocycles. The Labute approximate surface area is 146 Å². The third-order valence-electron chi connectivity index (χ3n) is 4.43. The van der Waals surface area contributed by atoms with Crippen molar-refractivity contribution in [3.63, 3.8) is 0 Å². The van der Waals surface area contributed by atoms with Crippen molar-refractivity contribution in [1.82, 2.24) is 9.97 Å². The van der Waals surface area contributed by atoms with Crippen LogP contribution in [0.2, 0.25) is 0 Å². The van der Waals surface area contributed by atoms with E-state index in [-0.39, 0.29) is 5.82 Å². The van der Waals surface area contributed by atoms with Crippen molar-refractivity contribution in [2.45, 2.75) is 26.7 Å². The van der Waals surface area contributed by atoms with Gasteiger partial charge in [0.1, 0.15) is 23.8 Å². The molecule has 0 unspecified atom stereocenters. The molecule has 7 heteroatoms. The SMILES string of the molecule is Cc1ccc(NC(=O)Nc2cc(N3CCC(C)CC3)ncn2)cc1F. The molecule has 0 bridgehead atoms. The summed E-state index contributed by atoms with van der Waals surface area (Å²) in [5.41, 5.74) is 0.919. The van der Waals surface area contributed by atoms with Crippen molar-refractivity contribution in [2.24, 2.45) is 5.92 Å². The van der Waals surface area contributed by atoms with Crippen LogP contribution in [0.15, 0.2) is 30.6 Å². The highest BCUT2D eigenvalue weighted by molar-refractivity contribution is 5.99. The Morgan fingerprint density at radius 2 is 1.96 bits per heavy atom. The molecule has 1 aliphatic heterocycles. The first-order valence-electron chi connectivity index (χ1n) is 8.42. The fourth-order valence-electron chi connectivity index (χ4n) is 2.78. The lowest BCUT2D eigenvalue weighted by Crippen LogP contribution is -2.33. The number of nitrogens with zero attached hydrogens (tertiary/aromatic N) is 3. The summed E-state index contributed by atoms with van der Waals surface area (Å²) in [6.07, 6.45) is 3.70. The van der Waals surface area contributed by atoms with Crippen molar-refractivity contribution < 1.29 is 9.18 Å². The summed E-state index contributed by atoms with van der Waals surface area (Å²) < 4.78 is 13.5. The first-order chi connectivity index (χ1) is 12.0. The van der Waals surface area contributed by atoms with E-state index in [9.17, 15) is 9.18 Å². The molecule has 132 valence electrons. The van der Waals surface area contributed by atoms with E-state index in [1.807, 2.05) is 0 Å². The fraction of sp³-hybridized carbons (Fsp3) is 0.389. The van der Waals surface area contributed by atoms with Crippen LogP contribution in [0.25, 0.3) is 0 Å². The van der Waals surface area contributed by atoms with Crippen LogP contribution in [0.4, 0.5) is 26.5 Å². The molecule has 1 aliphatic rings. The summed E-state index contributed by atoms with van der Waals surface area (Å²) in [6.45, 7) is 5.82. The average Bonchev–Trinajstić information content (AvgIpc) is 2.59. The molecule has 2 amide bonds. The van der Waals surface area contributed by atoms with E-state index in [0.717, 1.165) is 37.7 Å². The molecule has 1 aromatic heterocycles. The summed E-state index contributed by atoms with van der Waals surface area (Å²) in [5, 5.41) is 5.26. The molecule has 25 heavy (non-hydrogen) atoms. The second-order valence-electron chi connectivity index (χ2n) is 6.47. The van der Waals surface area contributed by atoms with Gasteiger partial charge in [0, 0.05) is 24.8 Å². The number of urea groups is 1. The number of hydrogen-bond acceptors (Lipinski definition) is 4. The van der Waals surface area contributed by atoms with Crippen LogP contribution >= 0.6 is 0 Å². The lowest BCUT2D eigenvalue weighted by atomic mass is 9.99. The van der Waals surface area contributed by atoms with Gasteiger partial charge in [0.15, 0.2) is 0 Å². The maximum Gasteiger partial charge on any atom is 0.324 e. The number of carbonyl (C=O) groups is 1. The minimum absolute atomic E-state index is 0.360. The van der Waals surface area contributed by atoms with Gasteiger partial charge >= 0.3 is 6.03 Å². The Morgan fingerprint density at radius 1 is 1.20 bits per heavy atom. The standard InChI is InChI=1S/C18H22FN5O/c1-12-5-7-24(8-6-12)17-10-16(20-11-21-17)23-18(25)22-14-4-3-13(2)15(19)9-14/h3-4,9-12H,5-8H2,1-2H3,(H2,20,21,22,23,25). The smallest absolute Gasteiger partial charge is 0.324 e. The number of carbonyl (C=O) groups excluding carboxylic acids is 1. The van der Waals surface area contributed by atoms with Crippen LogP contribution < -0.4 is 15.5 Å². The number of hydrogen-bond donors (Lipinski definition) is 2. The van der Waals surface area contributed by atoms with Gasteiger partial charge < -0.3 is 10.2 Å². The highest BCUT2D eigenvalue weighted by Crippen LogP contribution is 2.22. The second kappa shape index (κ2) is 7.46. The number of aryl methyl sites for hydroxylation is 1. The maximum atomic E-state index is 13.5. The van der Waals surface area contributed by atoms with E-state index >= 15 is 0 Å². The molecule has 0 saturated carbocycles. The molecular weight excluding hydrogens is 321 g/mol. The van der Waals surface area contributed by atoms with Gasteiger partial charge in [0.25, 0.3) is 0 Å². The van der Waals surface area contributed by atoms with Crippen LogP contribution in [0.3, 0.4) is 0 Å². The van der Waals surface area contributed by atoms with Gasteiger partial charge in [-0.1, -0.05) is 13.0 Å². The van der Waals surface area contributed by atoms with Crippen molar-refractivity contribution >= 4 is 23.4 Å². The minimum atomic E-state index is -0.472. The lowest BCUT2D eigenvalue weighted by molar-refractivity contribution is 0.262. The first kappa shape index (κ1) is 17.1. The molecular formula is C18H22FN5O. The number of amides is 2. The van der Waals surface area contributed by atoms with Crippen molar-refractivity contribution in [1.29, 1.82) is 0 Å². The highest BCUT2D eigenvalue weighted by Gasteiger charge is 2.17. The van der Waals surface area contributed by atoms with E-state index in [4.69, 9.17) is 0 Å². The van der Waals surface area contributed by atoms with Crippen LogP contribution in [-0.4, -0.2) is 29.1 Å². The van der Waals surface area contributed by atoms with Crippen LogP contribution in [0.5, 0.6) is 0 Å². The van der Waals surface area contributed by atoms with Crippen molar-refractivity contribution in [2.75, 3.05) is 28.6 Å². The van der Waals surface area contributed by atoms with Gasteiger partial charge in [-0.15, -0.1) is 0 Å². The fourth-order valence-corrected chi connectivity index (χ4v) is 2.78. The number of halogens is 1. The van der Waals surface area contributed by atoms with E-state index in [1.165, 1.54) is 12.4 Å². The Morgan fingerprint density at radius 3 is 2.68 bits per heavy atom. The molecule has 0 spiro atoms. The largest absolute Gasteiger partial charge is 0.356 e. The number of rotatable bonds is 3. The molecule has 3 rings (SSSR count). The number of nitrogens with one attached hydrogen (secondary N) is 2. The number of anilines is 3.